The molecular formula is C10H15N5O2S. The number of pyridine rings is 1. The van der Waals surface area contributed by atoms with Gasteiger partial charge in [0.2, 0.25) is 5.82 Å². The van der Waals surface area contributed by atoms with E-state index in [0.717, 1.165) is 17.9 Å². The van der Waals surface area contributed by atoms with Gasteiger partial charge in [-0.3, -0.25) is 10.1 Å². The molecule has 8 heteroatoms. The van der Waals surface area contributed by atoms with Crippen molar-refractivity contribution in [2.45, 2.75) is 6.42 Å². The van der Waals surface area contributed by atoms with Crippen molar-refractivity contribution in [1.82, 2.24) is 4.98 Å². The number of nitro groups is 1. The molecule has 1 unspecified atom stereocenters. The monoisotopic (exact) mass is 269 g/mol. The van der Waals surface area contributed by atoms with Crippen LogP contribution in [0.3, 0.4) is 0 Å². The lowest BCUT2D eigenvalue weighted by Gasteiger charge is -2.11. The molecule has 0 aromatic carbocycles. The van der Waals surface area contributed by atoms with Crippen LogP contribution in [-0.2, 0) is 0 Å². The maximum Gasteiger partial charge on any atom is 0.311 e. The molecule has 0 aliphatic carbocycles. The number of nitrogens with zero attached hydrogens (tertiary/aromatic N) is 2. The number of nitrogens with two attached hydrogens (primary N) is 1. The van der Waals surface area contributed by atoms with Crippen molar-refractivity contribution in [3.8, 4) is 0 Å². The maximum atomic E-state index is 10.9. The van der Waals surface area contributed by atoms with Crippen molar-refractivity contribution in [2.24, 2.45) is 11.8 Å². The first-order valence-electron chi connectivity index (χ1n) is 5.64. The summed E-state index contributed by atoms with van der Waals surface area (Å²) >= 11 is 1.91. The van der Waals surface area contributed by atoms with Crippen molar-refractivity contribution in [3.63, 3.8) is 0 Å². The van der Waals surface area contributed by atoms with Gasteiger partial charge in [-0.25, -0.2) is 10.8 Å². The van der Waals surface area contributed by atoms with Gasteiger partial charge in [-0.1, -0.05) is 0 Å². The zero-order valence-corrected chi connectivity index (χ0v) is 10.6. The van der Waals surface area contributed by atoms with Crippen LogP contribution in [-0.4, -0.2) is 28.0 Å². The maximum absolute atomic E-state index is 10.9. The molecule has 98 valence electrons. The van der Waals surface area contributed by atoms with Crippen LogP contribution in [0.2, 0.25) is 0 Å². The van der Waals surface area contributed by atoms with E-state index in [1.54, 1.807) is 0 Å². The molecule has 1 atom stereocenters. The molecule has 1 fully saturated rings. The number of thioether (sulfide) groups is 1. The Morgan fingerprint density at radius 2 is 2.44 bits per heavy atom. The highest BCUT2D eigenvalue weighted by Crippen LogP contribution is 2.27. The highest BCUT2D eigenvalue weighted by atomic mass is 32.2. The van der Waals surface area contributed by atoms with Gasteiger partial charge >= 0.3 is 5.69 Å². The van der Waals surface area contributed by atoms with E-state index >= 15 is 0 Å². The van der Waals surface area contributed by atoms with E-state index in [1.807, 2.05) is 11.8 Å². The predicted octanol–water partition coefficient (Wildman–Crippen LogP) is 1.44. The summed E-state index contributed by atoms with van der Waals surface area (Å²) in [5.74, 6) is 8.73. The number of anilines is 2. The van der Waals surface area contributed by atoms with Crippen LogP contribution < -0.4 is 16.6 Å². The molecule has 4 N–H and O–H groups in total. The normalized spacial score (nSPS) is 18.6. The van der Waals surface area contributed by atoms with Crippen LogP contribution in [0.15, 0.2) is 12.1 Å². The van der Waals surface area contributed by atoms with Crippen LogP contribution in [0.4, 0.5) is 17.3 Å². The van der Waals surface area contributed by atoms with Gasteiger partial charge in [0, 0.05) is 12.6 Å². The van der Waals surface area contributed by atoms with E-state index in [9.17, 15) is 10.1 Å². The largest absolute Gasteiger partial charge is 0.364 e. The third kappa shape index (κ3) is 3.02. The second-order valence-electron chi connectivity index (χ2n) is 4.08. The second kappa shape index (κ2) is 5.87. The highest BCUT2D eigenvalue weighted by molar-refractivity contribution is 7.99. The fourth-order valence-electron chi connectivity index (χ4n) is 1.79. The first-order chi connectivity index (χ1) is 8.70. The molecular weight excluding hydrogens is 254 g/mol. The van der Waals surface area contributed by atoms with Crippen molar-refractivity contribution in [3.05, 3.63) is 22.2 Å². The first-order valence-corrected chi connectivity index (χ1v) is 6.80. The summed E-state index contributed by atoms with van der Waals surface area (Å²) in [6.07, 6.45) is 1.14. The predicted molar refractivity (Wildman–Crippen MR) is 72.6 cm³/mol. The lowest BCUT2D eigenvalue weighted by molar-refractivity contribution is -0.384. The average Bonchev–Trinajstić information content (AvgIpc) is 2.88. The Bertz CT molecular complexity index is 436. The van der Waals surface area contributed by atoms with E-state index in [0.29, 0.717) is 18.3 Å². The third-order valence-electron chi connectivity index (χ3n) is 2.80. The minimum absolute atomic E-state index is 0.0281. The van der Waals surface area contributed by atoms with Crippen molar-refractivity contribution in [2.75, 3.05) is 28.8 Å². The summed E-state index contributed by atoms with van der Waals surface area (Å²) in [7, 11) is 0. The van der Waals surface area contributed by atoms with Crippen molar-refractivity contribution in [1.29, 1.82) is 0 Å². The van der Waals surface area contributed by atoms with Crippen LogP contribution in [0.1, 0.15) is 6.42 Å². The molecule has 2 heterocycles. The number of nitrogens with one attached hydrogen (secondary N) is 2. The summed E-state index contributed by atoms with van der Waals surface area (Å²) in [4.78, 5) is 14.5. The Labute approximate surface area is 109 Å². The van der Waals surface area contributed by atoms with Crippen LogP contribution in [0.5, 0.6) is 0 Å². The third-order valence-corrected chi connectivity index (χ3v) is 4.03. The number of hydrogen-bond acceptors (Lipinski definition) is 7. The lowest BCUT2D eigenvalue weighted by atomic mass is 10.1. The van der Waals surface area contributed by atoms with Crippen LogP contribution in [0, 0.1) is 16.0 Å². The summed E-state index contributed by atoms with van der Waals surface area (Å²) < 4.78 is 0. The first kappa shape index (κ1) is 12.9. The number of hydrogen-bond donors (Lipinski definition) is 3. The summed E-state index contributed by atoms with van der Waals surface area (Å²) in [5, 5.41) is 13.9. The molecule has 1 aromatic rings. The molecule has 7 nitrogen and oxygen atoms in total. The quantitative estimate of drug-likeness (QED) is 0.422. The van der Waals surface area contributed by atoms with E-state index in [2.05, 4.69) is 15.7 Å². The summed E-state index contributed by atoms with van der Waals surface area (Å²) in [5.41, 5.74) is 2.36. The Morgan fingerprint density at radius 1 is 1.61 bits per heavy atom. The smallest absolute Gasteiger partial charge is 0.311 e. The Balaban J connectivity index is 2.10. The summed E-state index contributed by atoms with van der Waals surface area (Å²) in [6, 6.07) is 2.88. The topological polar surface area (TPSA) is 106 Å². The molecule has 1 saturated heterocycles. The average molecular weight is 269 g/mol. The lowest BCUT2D eigenvalue weighted by Crippen LogP contribution is -2.16. The molecule has 2 rings (SSSR count). The van der Waals surface area contributed by atoms with E-state index in [-0.39, 0.29) is 11.5 Å². The zero-order chi connectivity index (χ0) is 13.0. The highest BCUT2D eigenvalue weighted by Gasteiger charge is 2.19. The van der Waals surface area contributed by atoms with Gasteiger partial charge in [0.25, 0.3) is 0 Å². The number of rotatable bonds is 5. The Kier molecular flexibility index (Phi) is 4.21. The molecule has 0 bridgehead atoms. The molecule has 0 amide bonds. The van der Waals surface area contributed by atoms with E-state index < -0.39 is 4.92 Å². The van der Waals surface area contributed by atoms with Gasteiger partial charge < -0.3 is 10.7 Å². The molecule has 1 aliphatic heterocycles. The molecule has 1 aromatic heterocycles. The van der Waals surface area contributed by atoms with Gasteiger partial charge in [-0.05, 0) is 29.9 Å². The van der Waals surface area contributed by atoms with Gasteiger partial charge in [-0.15, -0.1) is 0 Å². The molecule has 0 saturated carbocycles. The van der Waals surface area contributed by atoms with E-state index in [1.165, 1.54) is 12.1 Å². The van der Waals surface area contributed by atoms with Gasteiger partial charge in [0.05, 0.1) is 4.92 Å². The fourth-order valence-corrected chi connectivity index (χ4v) is 3.08. The molecule has 0 radical (unpaired) electrons. The molecule has 1 aliphatic rings. The van der Waals surface area contributed by atoms with Crippen molar-refractivity contribution >= 4 is 29.1 Å². The SMILES string of the molecule is NNc1ccc([N+](=O)[O-])c(NCC2CCSC2)n1. The van der Waals surface area contributed by atoms with Gasteiger partial charge in [0.15, 0.2) is 0 Å². The minimum atomic E-state index is -0.445. The summed E-state index contributed by atoms with van der Waals surface area (Å²) in [6.45, 7) is 0.703. The second-order valence-corrected chi connectivity index (χ2v) is 5.23. The standard InChI is InChI=1S/C10H15N5O2S/c11-14-9-2-1-8(15(16)17)10(13-9)12-5-7-3-4-18-6-7/h1-2,7H,3-6,11H2,(H2,12,13,14). The van der Waals surface area contributed by atoms with Crippen LogP contribution >= 0.6 is 11.8 Å². The number of nitrogen functional groups attached to an aromatic ring is 1. The Hall–Kier alpha value is -1.54. The Morgan fingerprint density at radius 3 is 3.06 bits per heavy atom. The van der Waals surface area contributed by atoms with Gasteiger partial charge in [0.1, 0.15) is 5.82 Å². The molecule has 0 spiro atoms. The zero-order valence-electron chi connectivity index (χ0n) is 9.76. The van der Waals surface area contributed by atoms with Crippen LogP contribution in [0.25, 0.3) is 0 Å². The fraction of sp³-hybridized carbons (Fsp3) is 0.500. The number of hydrazine groups is 1. The van der Waals surface area contributed by atoms with E-state index in [4.69, 9.17) is 5.84 Å². The van der Waals surface area contributed by atoms with Crippen molar-refractivity contribution < 1.29 is 4.92 Å². The minimum Gasteiger partial charge on any atom is -0.364 e. The number of aromatic nitrogens is 1. The molecule has 18 heavy (non-hydrogen) atoms. The van der Waals surface area contributed by atoms with Gasteiger partial charge in [-0.2, -0.15) is 11.8 Å².